The Balaban J connectivity index is 1.74. The molecule has 2 aromatic carbocycles. The van der Waals surface area contributed by atoms with Gasteiger partial charge in [0.25, 0.3) is 0 Å². The van der Waals surface area contributed by atoms with E-state index in [4.69, 9.17) is 4.74 Å². The van der Waals surface area contributed by atoms with E-state index in [9.17, 15) is 14.7 Å². The normalized spacial score (nSPS) is 12.5. The standard InChI is InChI=1S/C22H30N2O4/c1-22(2,3)28-21(27)23-13-7-6-10-19(20(25)26)24-15-16-11-12-17-8-4-5-9-18(17)14-16/h4-5,8-9,11-12,14,19,24H,6-7,10,13,15H2,1-3H3,(H,23,27)(H,25,26)/t19-/m0/s1. The Labute approximate surface area is 166 Å². The number of carbonyl (C=O) groups is 2. The summed E-state index contributed by atoms with van der Waals surface area (Å²) < 4.78 is 5.17. The van der Waals surface area contributed by atoms with Gasteiger partial charge in [-0.25, -0.2) is 4.79 Å². The van der Waals surface area contributed by atoms with Gasteiger partial charge in [0.15, 0.2) is 0 Å². The molecule has 0 unspecified atom stereocenters. The Morgan fingerprint density at radius 1 is 1.07 bits per heavy atom. The molecule has 0 fully saturated rings. The zero-order valence-corrected chi connectivity index (χ0v) is 16.8. The number of aliphatic carboxylic acids is 1. The summed E-state index contributed by atoms with van der Waals surface area (Å²) in [5.41, 5.74) is 0.530. The Morgan fingerprint density at radius 3 is 2.46 bits per heavy atom. The van der Waals surface area contributed by atoms with E-state index in [0.29, 0.717) is 32.4 Å². The van der Waals surface area contributed by atoms with Gasteiger partial charge in [0, 0.05) is 13.1 Å². The fraction of sp³-hybridized carbons (Fsp3) is 0.455. The average Bonchev–Trinajstić information content (AvgIpc) is 2.62. The SMILES string of the molecule is CC(C)(C)OC(=O)NCCCC[C@H](NCc1ccc2ccccc2c1)C(=O)O. The van der Waals surface area contributed by atoms with Crippen molar-refractivity contribution in [3.63, 3.8) is 0 Å². The number of alkyl carbamates (subject to hydrolysis) is 1. The molecule has 1 atom stereocenters. The van der Waals surface area contributed by atoms with Crippen LogP contribution in [0.4, 0.5) is 4.79 Å². The fourth-order valence-electron chi connectivity index (χ4n) is 2.88. The lowest BCUT2D eigenvalue weighted by atomic mass is 10.1. The van der Waals surface area contributed by atoms with E-state index in [2.05, 4.69) is 22.8 Å². The number of benzene rings is 2. The number of nitrogens with one attached hydrogen (secondary N) is 2. The highest BCUT2D eigenvalue weighted by Crippen LogP contribution is 2.16. The van der Waals surface area contributed by atoms with Crippen LogP contribution in [0.3, 0.4) is 0 Å². The van der Waals surface area contributed by atoms with Crippen molar-refractivity contribution in [2.24, 2.45) is 0 Å². The third-order valence-electron chi connectivity index (χ3n) is 4.25. The highest BCUT2D eigenvalue weighted by Gasteiger charge is 2.17. The lowest BCUT2D eigenvalue weighted by Gasteiger charge is -2.19. The molecule has 0 spiro atoms. The lowest BCUT2D eigenvalue weighted by Crippen LogP contribution is -2.36. The van der Waals surface area contributed by atoms with E-state index in [1.54, 1.807) is 0 Å². The van der Waals surface area contributed by atoms with E-state index in [-0.39, 0.29) is 0 Å². The summed E-state index contributed by atoms with van der Waals surface area (Å²) in [6, 6.07) is 13.6. The van der Waals surface area contributed by atoms with Crippen LogP contribution in [-0.2, 0) is 16.1 Å². The first-order chi connectivity index (χ1) is 13.2. The molecule has 2 rings (SSSR count). The molecule has 0 heterocycles. The topological polar surface area (TPSA) is 87.7 Å². The smallest absolute Gasteiger partial charge is 0.407 e. The molecule has 3 N–H and O–H groups in total. The highest BCUT2D eigenvalue weighted by atomic mass is 16.6. The Morgan fingerprint density at radius 2 is 1.79 bits per heavy atom. The number of unbranched alkanes of at least 4 members (excludes halogenated alkanes) is 1. The van der Waals surface area contributed by atoms with Crippen LogP contribution in [-0.4, -0.2) is 35.4 Å². The molecule has 0 bridgehead atoms. The highest BCUT2D eigenvalue weighted by molar-refractivity contribution is 5.83. The van der Waals surface area contributed by atoms with Gasteiger partial charge in [0.2, 0.25) is 0 Å². The molecule has 6 nitrogen and oxygen atoms in total. The van der Waals surface area contributed by atoms with Crippen molar-refractivity contribution in [1.29, 1.82) is 0 Å². The number of fused-ring (bicyclic) bond motifs is 1. The van der Waals surface area contributed by atoms with Crippen LogP contribution in [0.1, 0.15) is 45.6 Å². The molecular weight excluding hydrogens is 356 g/mol. The molecule has 0 radical (unpaired) electrons. The van der Waals surface area contributed by atoms with Gasteiger partial charge in [-0.2, -0.15) is 0 Å². The average molecular weight is 386 g/mol. The molecular formula is C22H30N2O4. The number of hydrogen-bond acceptors (Lipinski definition) is 4. The summed E-state index contributed by atoms with van der Waals surface area (Å²) in [5.74, 6) is -0.860. The summed E-state index contributed by atoms with van der Waals surface area (Å²) in [6.45, 7) is 6.39. The maximum atomic E-state index is 11.6. The number of carboxylic acids is 1. The van der Waals surface area contributed by atoms with Crippen LogP contribution in [0.25, 0.3) is 10.8 Å². The molecule has 28 heavy (non-hydrogen) atoms. The minimum atomic E-state index is -0.860. The van der Waals surface area contributed by atoms with E-state index in [1.807, 2.05) is 51.1 Å². The summed E-state index contributed by atoms with van der Waals surface area (Å²) >= 11 is 0. The van der Waals surface area contributed by atoms with Gasteiger partial charge < -0.3 is 20.5 Å². The van der Waals surface area contributed by atoms with Gasteiger partial charge in [-0.15, -0.1) is 0 Å². The van der Waals surface area contributed by atoms with E-state index in [0.717, 1.165) is 10.9 Å². The largest absolute Gasteiger partial charge is 0.480 e. The van der Waals surface area contributed by atoms with Crippen LogP contribution in [0.2, 0.25) is 0 Å². The number of carbonyl (C=O) groups excluding carboxylic acids is 1. The van der Waals surface area contributed by atoms with Crippen molar-refractivity contribution in [3.05, 3.63) is 48.0 Å². The first kappa shape index (κ1) is 21.7. The number of hydrogen-bond donors (Lipinski definition) is 3. The van der Waals surface area contributed by atoms with Crippen LogP contribution in [0.15, 0.2) is 42.5 Å². The van der Waals surface area contributed by atoms with Crippen molar-refractivity contribution in [3.8, 4) is 0 Å². The maximum absolute atomic E-state index is 11.6. The quantitative estimate of drug-likeness (QED) is 0.565. The van der Waals surface area contributed by atoms with Gasteiger partial charge in [-0.1, -0.05) is 36.4 Å². The molecule has 0 aliphatic heterocycles. The van der Waals surface area contributed by atoms with Gasteiger partial charge >= 0.3 is 12.1 Å². The predicted octanol–water partition coefficient (Wildman–Crippen LogP) is 4.08. The fourth-order valence-corrected chi connectivity index (χ4v) is 2.88. The van der Waals surface area contributed by atoms with Gasteiger partial charge in [0.1, 0.15) is 11.6 Å². The van der Waals surface area contributed by atoms with Crippen LogP contribution in [0.5, 0.6) is 0 Å². The molecule has 1 amide bonds. The number of rotatable bonds is 9. The van der Waals surface area contributed by atoms with Crippen LogP contribution < -0.4 is 10.6 Å². The van der Waals surface area contributed by atoms with Crippen molar-refractivity contribution >= 4 is 22.8 Å². The first-order valence-corrected chi connectivity index (χ1v) is 9.65. The monoisotopic (exact) mass is 386 g/mol. The summed E-state index contributed by atoms with van der Waals surface area (Å²) in [5, 5.41) is 17.6. The molecule has 0 saturated heterocycles. The van der Waals surface area contributed by atoms with Crippen molar-refractivity contribution in [1.82, 2.24) is 10.6 Å². The molecule has 0 aliphatic rings. The van der Waals surface area contributed by atoms with Crippen molar-refractivity contribution in [2.45, 2.75) is 58.2 Å². The van der Waals surface area contributed by atoms with Crippen LogP contribution >= 0.6 is 0 Å². The Kier molecular flexibility index (Phi) is 7.81. The second-order valence-electron chi connectivity index (χ2n) is 7.88. The third-order valence-corrected chi connectivity index (χ3v) is 4.25. The maximum Gasteiger partial charge on any atom is 0.407 e. The minimum Gasteiger partial charge on any atom is -0.480 e. The van der Waals surface area contributed by atoms with Gasteiger partial charge in [0.05, 0.1) is 0 Å². The number of amides is 1. The Bertz CT molecular complexity index is 798. The molecule has 6 heteroatoms. The van der Waals surface area contributed by atoms with E-state index < -0.39 is 23.7 Å². The molecule has 2 aromatic rings. The zero-order chi connectivity index (χ0) is 20.6. The summed E-state index contributed by atoms with van der Waals surface area (Å²) in [7, 11) is 0. The minimum absolute atomic E-state index is 0.447. The second-order valence-corrected chi connectivity index (χ2v) is 7.88. The first-order valence-electron chi connectivity index (χ1n) is 9.65. The molecule has 0 aromatic heterocycles. The number of carboxylic acid groups (broad SMARTS) is 1. The van der Waals surface area contributed by atoms with E-state index >= 15 is 0 Å². The summed E-state index contributed by atoms with van der Waals surface area (Å²) in [6.07, 6.45) is 1.44. The molecule has 0 aliphatic carbocycles. The second kappa shape index (κ2) is 10.1. The predicted molar refractivity (Wildman–Crippen MR) is 110 cm³/mol. The third kappa shape index (κ3) is 7.56. The zero-order valence-electron chi connectivity index (χ0n) is 16.8. The molecule has 0 saturated carbocycles. The van der Waals surface area contributed by atoms with Gasteiger partial charge in [-0.05, 0) is 62.4 Å². The Hall–Kier alpha value is -2.60. The van der Waals surface area contributed by atoms with Crippen molar-refractivity contribution in [2.75, 3.05) is 6.54 Å². The van der Waals surface area contributed by atoms with E-state index in [1.165, 1.54) is 5.39 Å². The van der Waals surface area contributed by atoms with Crippen molar-refractivity contribution < 1.29 is 19.4 Å². The summed E-state index contributed by atoms with van der Waals surface area (Å²) in [4.78, 5) is 23.1. The van der Waals surface area contributed by atoms with Gasteiger partial charge in [-0.3, -0.25) is 4.79 Å². The number of ether oxygens (including phenoxy) is 1. The lowest BCUT2D eigenvalue weighted by molar-refractivity contribution is -0.139. The van der Waals surface area contributed by atoms with Crippen LogP contribution in [0, 0.1) is 0 Å². The molecule has 152 valence electrons.